The van der Waals surface area contributed by atoms with Gasteiger partial charge in [-0.15, -0.1) is 34.0 Å². The largest absolute Gasteiger partial charge is 0.379 e. The van der Waals surface area contributed by atoms with Crippen molar-refractivity contribution in [1.82, 2.24) is 85.4 Å². The average Bonchev–Trinajstić information content (AvgIpc) is 1.60. The SMILES string of the molecule is Cc1cc(Nc2nc(C3=CCCCC3)cn3c(-c4cnn(C)c4)cnc23)sc1S(=O)(=O)N1CCC1.Cc1cc(Nc2nc(C3=CCCCC3)cn3c(-c4cnn(C)c4)cnc23)sc1S(=O)(=O)N1CCCC1.Cc1cc(Nc2nc(C3=CCCCC3)cn3c(-c4cnn(C)c4)cnc23)sc1S(=O)(=O)N1CCOCC1. The average molecular weight is 1570 g/mol. The van der Waals surface area contributed by atoms with Crippen molar-refractivity contribution in [3.63, 3.8) is 0 Å². The highest BCUT2D eigenvalue weighted by atomic mass is 32.3. The normalized spacial score (nSPS) is 17.1. The van der Waals surface area contributed by atoms with E-state index in [1.54, 1.807) is 18.4 Å². The van der Waals surface area contributed by atoms with E-state index in [0.717, 1.165) is 149 Å². The number of aryl methyl sites for hydroxylation is 6. The van der Waals surface area contributed by atoms with Crippen molar-refractivity contribution in [2.24, 2.45) is 21.1 Å². The van der Waals surface area contributed by atoms with Crippen LogP contribution in [0.2, 0.25) is 0 Å². The maximum Gasteiger partial charge on any atom is 0.253 e. The van der Waals surface area contributed by atoms with Gasteiger partial charge in [0.25, 0.3) is 30.1 Å². The van der Waals surface area contributed by atoms with Crippen LogP contribution in [0.5, 0.6) is 0 Å². The van der Waals surface area contributed by atoms with Crippen LogP contribution in [0.25, 0.3) is 67.4 Å². The van der Waals surface area contributed by atoms with E-state index in [1.165, 1.54) is 78.6 Å². The predicted octanol–water partition coefficient (Wildman–Crippen LogP) is 13.8. The Morgan fingerprint density at radius 1 is 0.389 bits per heavy atom. The summed E-state index contributed by atoms with van der Waals surface area (Å²) in [5, 5.41) is 25.4. The summed E-state index contributed by atoms with van der Waals surface area (Å²) in [5.74, 6) is 1.81. The van der Waals surface area contributed by atoms with E-state index in [1.807, 2.05) is 133 Å². The summed E-state index contributed by atoms with van der Waals surface area (Å²) < 4.78 is 102. The molecule has 3 aliphatic carbocycles. The Balaban J connectivity index is 0.000000124. The Labute approximate surface area is 638 Å². The minimum Gasteiger partial charge on any atom is -0.379 e. The number of ether oxygens (including phenoxy) is 1. The van der Waals surface area contributed by atoms with Gasteiger partial charge in [-0.2, -0.15) is 28.2 Å². The van der Waals surface area contributed by atoms with Crippen LogP contribution in [0.3, 0.4) is 0 Å². The minimum atomic E-state index is -3.59. The van der Waals surface area contributed by atoms with Crippen LogP contribution in [0.4, 0.5) is 32.5 Å². The Hall–Kier alpha value is -9.10. The minimum absolute atomic E-state index is 0.346. The number of rotatable bonds is 18. The third kappa shape index (κ3) is 14.7. The van der Waals surface area contributed by atoms with Crippen molar-refractivity contribution in [1.29, 1.82) is 0 Å². The highest BCUT2D eigenvalue weighted by molar-refractivity contribution is 7.92. The maximum atomic E-state index is 13.3. The van der Waals surface area contributed by atoms with Gasteiger partial charge < -0.3 is 20.7 Å². The molecule has 0 unspecified atom stereocenters. The van der Waals surface area contributed by atoms with Crippen LogP contribution in [0.1, 0.15) is 130 Å². The first kappa shape index (κ1) is 73.1. The van der Waals surface area contributed by atoms with Crippen LogP contribution in [0, 0.1) is 20.8 Å². The lowest BCUT2D eigenvalue weighted by molar-refractivity contribution is 0.0731. The smallest absolute Gasteiger partial charge is 0.253 e. The van der Waals surface area contributed by atoms with E-state index >= 15 is 0 Å². The molecule has 3 saturated heterocycles. The monoisotopic (exact) mass is 1570 g/mol. The van der Waals surface area contributed by atoms with Gasteiger partial charge in [0.1, 0.15) is 12.6 Å². The number of thiophene rings is 3. The van der Waals surface area contributed by atoms with E-state index < -0.39 is 30.1 Å². The standard InChI is InChI=1S/C25H29N7O3S2.C25H29N7O2S2.C24H27N7O2S2/c1-17-12-22(36-25(17)37(33,34)31-8-10-35-11-9-31)29-23-24-26-14-21(19-13-27-30(2)15-19)32(24)16-20(28-23)18-6-4-3-5-7-18;1-17-12-22(35-25(17)36(33,34)31-10-6-7-11-31)29-23-24-26-14-21(19-13-27-30(2)15-19)32(24)16-20(28-23)18-8-4-3-5-9-18;1-16-11-21(34-24(16)35(32,33)30-9-6-10-30)28-22-23-25-13-20(18-12-26-29(2)14-18)31(23)15-19(27-22)17-7-4-3-5-8-17/h6,12-16H,3-5,7-11H2,1-2H3,(H,28,29);8,12-16H,3-7,9-11H2,1-2H3,(H,28,29);7,11-15H,3-6,8-10H2,1-2H3,(H,27,28). The molecule has 6 aliphatic rings. The van der Waals surface area contributed by atoms with Crippen molar-refractivity contribution in [3.8, 4) is 33.8 Å². The van der Waals surface area contributed by atoms with Crippen LogP contribution >= 0.6 is 34.0 Å². The van der Waals surface area contributed by atoms with Crippen molar-refractivity contribution >= 4 is 130 Å². The molecule has 3 aliphatic heterocycles. The molecular weight excluding hydrogens is 1490 g/mol. The Morgan fingerprint density at radius 2 is 0.704 bits per heavy atom. The summed E-state index contributed by atoms with van der Waals surface area (Å²) in [7, 11) is -4.85. The fraction of sp³-hybridized carbons (Fsp3) is 0.392. The Kier molecular flexibility index (Phi) is 20.6. The summed E-state index contributed by atoms with van der Waals surface area (Å²) in [5.41, 5.74) is 16.3. The van der Waals surface area contributed by atoms with Crippen LogP contribution in [0.15, 0.2) is 123 Å². The number of anilines is 6. The number of aromatic nitrogens is 15. The van der Waals surface area contributed by atoms with Gasteiger partial charge in [0.05, 0.1) is 99.6 Å². The molecule has 0 atom stereocenters. The second-order valence-corrected chi connectivity index (χ2v) is 37.6. The molecule has 0 saturated carbocycles. The van der Waals surface area contributed by atoms with Crippen molar-refractivity contribution in [2.45, 2.75) is 130 Å². The van der Waals surface area contributed by atoms with Gasteiger partial charge in [-0.1, -0.05) is 18.2 Å². The van der Waals surface area contributed by atoms with Crippen molar-refractivity contribution < 1.29 is 30.0 Å². The molecular formula is C74H85N21O7S6. The molecule has 3 N–H and O–H groups in total. The van der Waals surface area contributed by atoms with Gasteiger partial charge in [0.15, 0.2) is 34.4 Å². The van der Waals surface area contributed by atoms with E-state index in [-0.39, 0.29) is 0 Å². The van der Waals surface area contributed by atoms with Gasteiger partial charge >= 0.3 is 0 Å². The topological polar surface area (TPSA) is 301 Å². The number of imidazole rings is 3. The molecule has 12 aromatic rings. The van der Waals surface area contributed by atoms with Gasteiger partial charge in [-0.25, -0.2) is 55.2 Å². The van der Waals surface area contributed by atoms with Gasteiger partial charge in [-0.3, -0.25) is 27.2 Å². The first-order valence-electron chi connectivity index (χ1n) is 36.6. The Morgan fingerprint density at radius 3 is 0.981 bits per heavy atom. The lowest BCUT2D eigenvalue weighted by atomic mass is 9.97. The number of hydrogen-bond donors (Lipinski definition) is 3. The zero-order chi connectivity index (χ0) is 74.6. The molecule has 12 aromatic heterocycles. The summed E-state index contributed by atoms with van der Waals surface area (Å²) in [6.45, 7) is 9.46. The van der Waals surface area contributed by atoms with E-state index in [4.69, 9.17) is 19.7 Å². The maximum absolute atomic E-state index is 13.3. The molecule has 0 aromatic carbocycles. The molecule has 15 heterocycles. The molecule has 34 heteroatoms. The lowest BCUT2D eigenvalue weighted by Gasteiger charge is -2.29. The molecule has 0 bridgehead atoms. The number of fused-ring (bicyclic) bond motifs is 3. The second-order valence-electron chi connectivity index (χ2n) is 28.1. The van der Waals surface area contributed by atoms with Crippen LogP contribution < -0.4 is 16.0 Å². The van der Waals surface area contributed by atoms with Gasteiger partial charge in [-0.05, 0) is 169 Å². The first-order chi connectivity index (χ1) is 52.2. The fourth-order valence-electron chi connectivity index (χ4n) is 14.5. The summed E-state index contributed by atoms with van der Waals surface area (Å²) in [4.78, 5) is 28.9. The highest BCUT2D eigenvalue weighted by Gasteiger charge is 2.35. The lowest BCUT2D eigenvalue weighted by Crippen LogP contribution is -2.41. The number of morpholine rings is 1. The third-order valence-electron chi connectivity index (χ3n) is 20.3. The van der Waals surface area contributed by atoms with Crippen LogP contribution in [-0.4, -0.2) is 163 Å². The van der Waals surface area contributed by atoms with E-state index in [2.05, 4.69) is 79.4 Å². The van der Waals surface area contributed by atoms with Crippen LogP contribution in [-0.2, 0) is 55.9 Å². The Bertz CT molecular complexity index is 5850. The number of hydrogen-bond acceptors (Lipinski definition) is 22. The molecule has 0 amide bonds. The number of allylic oxidation sites excluding steroid dienone is 6. The van der Waals surface area contributed by atoms with Gasteiger partial charge in [0.2, 0.25) is 0 Å². The number of nitrogens with one attached hydrogen (secondary N) is 3. The summed E-state index contributed by atoms with van der Waals surface area (Å²) in [6.07, 6.45) is 45.7. The highest BCUT2D eigenvalue weighted by Crippen LogP contribution is 2.42. The summed E-state index contributed by atoms with van der Waals surface area (Å²) >= 11 is 3.73. The van der Waals surface area contributed by atoms with E-state index in [0.29, 0.717) is 110 Å². The quantitative estimate of drug-likeness (QED) is 0.0719. The molecule has 108 heavy (non-hydrogen) atoms. The molecule has 3 fully saturated rings. The zero-order valence-electron chi connectivity index (χ0n) is 61.0. The van der Waals surface area contributed by atoms with Crippen molar-refractivity contribution in [2.75, 3.05) is 68.4 Å². The molecule has 564 valence electrons. The number of nitrogens with zero attached hydrogens (tertiary/aromatic N) is 18. The molecule has 28 nitrogen and oxygen atoms in total. The first-order valence-corrected chi connectivity index (χ1v) is 43.4. The second kappa shape index (κ2) is 30.4. The third-order valence-corrected chi connectivity index (χ3v) is 31.2. The predicted molar refractivity (Wildman–Crippen MR) is 423 cm³/mol. The molecule has 18 rings (SSSR count). The van der Waals surface area contributed by atoms with E-state index in [9.17, 15) is 25.3 Å². The molecule has 0 radical (unpaired) electrons. The number of sulfonamides is 3. The fourth-order valence-corrected chi connectivity index (χ4v) is 24.1. The van der Waals surface area contributed by atoms with Gasteiger partial charge in [0, 0.05) is 114 Å². The zero-order valence-corrected chi connectivity index (χ0v) is 65.9. The summed E-state index contributed by atoms with van der Waals surface area (Å²) in [6, 6.07) is 5.64. The van der Waals surface area contributed by atoms with Crippen molar-refractivity contribution in [3.05, 3.63) is 145 Å². The molecule has 0 spiro atoms.